The van der Waals surface area contributed by atoms with Crippen LogP contribution in [-0.2, 0) is 6.18 Å². The number of rotatable bonds is 4. The lowest BCUT2D eigenvalue weighted by Crippen LogP contribution is -2.38. The molecule has 31 heavy (non-hydrogen) atoms. The highest BCUT2D eigenvalue weighted by atomic mass is 19.4. The third-order valence-corrected chi connectivity index (χ3v) is 5.34. The number of aliphatic hydroxyl groups excluding tert-OH is 2. The lowest BCUT2D eigenvalue weighted by molar-refractivity contribution is -0.141. The maximum absolute atomic E-state index is 12.9. The number of alkyl halides is 3. The molecule has 7 nitrogen and oxygen atoms in total. The van der Waals surface area contributed by atoms with Crippen molar-refractivity contribution >= 4 is 11.6 Å². The molecular weight excluding hydrogens is 411 g/mol. The molecule has 1 fully saturated rings. The van der Waals surface area contributed by atoms with Crippen LogP contribution in [0.15, 0.2) is 42.9 Å². The zero-order valence-corrected chi connectivity index (χ0v) is 16.7. The van der Waals surface area contributed by atoms with Crippen LogP contribution in [0.4, 0.5) is 24.8 Å². The third-order valence-electron chi connectivity index (χ3n) is 5.34. The van der Waals surface area contributed by atoms with E-state index < -0.39 is 24.1 Å². The molecule has 164 valence electrons. The van der Waals surface area contributed by atoms with E-state index in [-0.39, 0.29) is 12.0 Å². The van der Waals surface area contributed by atoms with Gasteiger partial charge in [0.2, 0.25) is 5.95 Å². The topological polar surface area (TPSA) is 96.1 Å². The molecule has 10 heteroatoms. The summed E-state index contributed by atoms with van der Waals surface area (Å²) in [6.07, 6.45) is 0.392. The fraction of sp³-hybridized carbons (Fsp3) is 0.381. The maximum Gasteiger partial charge on any atom is 0.433 e. The van der Waals surface area contributed by atoms with E-state index in [1.807, 2.05) is 13.0 Å². The molecule has 0 saturated heterocycles. The molecule has 2 heterocycles. The Labute approximate surface area is 176 Å². The van der Waals surface area contributed by atoms with E-state index in [9.17, 15) is 23.4 Å². The van der Waals surface area contributed by atoms with Gasteiger partial charge in [-0.15, -0.1) is 0 Å². The largest absolute Gasteiger partial charge is 0.433 e. The number of aromatic nitrogens is 4. The lowest BCUT2D eigenvalue weighted by atomic mass is 9.90. The van der Waals surface area contributed by atoms with E-state index >= 15 is 0 Å². The van der Waals surface area contributed by atoms with Gasteiger partial charge in [0.05, 0.1) is 18.3 Å². The molecule has 2 aromatic heterocycles. The minimum Gasteiger partial charge on any atom is -0.390 e. The van der Waals surface area contributed by atoms with Crippen LogP contribution < -0.4 is 5.32 Å². The number of aliphatic hydroxyl groups is 2. The summed E-state index contributed by atoms with van der Waals surface area (Å²) in [6, 6.07) is 5.98. The van der Waals surface area contributed by atoms with E-state index in [2.05, 4.69) is 20.4 Å². The summed E-state index contributed by atoms with van der Waals surface area (Å²) in [7, 11) is 0. The van der Waals surface area contributed by atoms with Gasteiger partial charge in [0.1, 0.15) is 11.8 Å². The number of halogens is 3. The van der Waals surface area contributed by atoms with E-state index in [4.69, 9.17) is 0 Å². The molecule has 1 aliphatic rings. The highest BCUT2D eigenvalue weighted by Crippen LogP contribution is 2.32. The first kappa shape index (κ1) is 21.3. The normalized spacial score (nSPS) is 21.8. The fourth-order valence-corrected chi connectivity index (χ4v) is 3.82. The Morgan fingerprint density at radius 3 is 2.71 bits per heavy atom. The Kier molecular flexibility index (Phi) is 5.67. The summed E-state index contributed by atoms with van der Waals surface area (Å²) in [5.74, 6) is -0.151. The van der Waals surface area contributed by atoms with Crippen LogP contribution in [0.2, 0.25) is 0 Å². The molecule has 3 N–H and O–H groups in total. The van der Waals surface area contributed by atoms with E-state index in [0.29, 0.717) is 18.5 Å². The number of aryl methyl sites for hydroxylation is 1. The van der Waals surface area contributed by atoms with Crippen molar-refractivity contribution in [3.8, 4) is 11.1 Å². The summed E-state index contributed by atoms with van der Waals surface area (Å²) >= 11 is 0. The van der Waals surface area contributed by atoms with Crippen LogP contribution in [-0.4, -0.2) is 42.2 Å². The Balaban J connectivity index is 1.59. The van der Waals surface area contributed by atoms with E-state index in [0.717, 1.165) is 35.4 Å². The minimum atomic E-state index is -4.55. The van der Waals surface area contributed by atoms with Gasteiger partial charge in [-0.1, -0.05) is 6.07 Å². The van der Waals surface area contributed by atoms with Gasteiger partial charge in [-0.25, -0.2) is 9.97 Å². The highest BCUT2D eigenvalue weighted by molar-refractivity contribution is 5.70. The Hall–Kier alpha value is -2.98. The van der Waals surface area contributed by atoms with Crippen LogP contribution >= 0.6 is 0 Å². The highest BCUT2D eigenvalue weighted by Gasteiger charge is 2.33. The summed E-state index contributed by atoms with van der Waals surface area (Å²) < 4.78 is 40.4. The second-order valence-corrected chi connectivity index (χ2v) is 7.74. The third kappa shape index (κ3) is 4.70. The molecule has 0 bridgehead atoms. The molecule has 1 unspecified atom stereocenters. The number of nitrogens with one attached hydrogen (secondary N) is 1. The second-order valence-electron chi connectivity index (χ2n) is 7.74. The smallest absolute Gasteiger partial charge is 0.390 e. The zero-order valence-electron chi connectivity index (χ0n) is 16.7. The van der Waals surface area contributed by atoms with Crippen LogP contribution in [0.5, 0.6) is 0 Å². The summed E-state index contributed by atoms with van der Waals surface area (Å²) in [4.78, 5) is 7.41. The van der Waals surface area contributed by atoms with E-state index in [1.54, 1.807) is 29.2 Å². The Bertz CT molecular complexity index is 1070. The molecule has 1 saturated carbocycles. The van der Waals surface area contributed by atoms with Gasteiger partial charge in [0.15, 0.2) is 0 Å². The van der Waals surface area contributed by atoms with Crippen molar-refractivity contribution in [1.29, 1.82) is 0 Å². The standard InChI is InChI=1S/C21H22F3N5O2/c1-12-7-13(14-10-26-29(11-14)16-3-2-4-17(30)19(16)31)9-15(8-12)27-20-25-6-5-18(28-20)21(22,23)24/h5-11,16-17,19,30-31H,2-4H2,1H3,(H,25,27,28)/t16?,17-,19-/m1/s1. The molecule has 4 rings (SSSR count). The quantitative estimate of drug-likeness (QED) is 0.578. The number of anilines is 2. The summed E-state index contributed by atoms with van der Waals surface area (Å²) in [5.41, 5.74) is 1.98. The van der Waals surface area contributed by atoms with Crippen molar-refractivity contribution in [2.75, 3.05) is 5.32 Å². The lowest BCUT2D eigenvalue weighted by Gasteiger charge is -2.31. The van der Waals surface area contributed by atoms with Gasteiger partial charge >= 0.3 is 6.18 Å². The molecular formula is C21H22F3N5O2. The van der Waals surface area contributed by atoms with Crippen LogP contribution in [0.25, 0.3) is 11.1 Å². The molecule has 0 spiro atoms. The number of benzene rings is 1. The SMILES string of the molecule is Cc1cc(Nc2nccc(C(F)(F)F)n2)cc(-c2cnn(C3CCC[C@@H](O)[C@@H]3O)c2)c1. The van der Waals surface area contributed by atoms with Crippen molar-refractivity contribution in [1.82, 2.24) is 19.7 Å². The second kappa shape index (κ2) is 8.27. The molecule has 3 aromatic rings. The fourth-order valence-electron chi connectivity index (χ4n) is 3.82. The van der Waals surface area contributed by atoms with Gasteiger partial charge in [0.25, 0.3) is 0 Å². The van der Waals surface area contributed by atoms with Crippen molar-refractivity contribution in [2.45, 2.75) is 50.6 Å². The number of hydrogen-bond donors (Lipinski definition) is 3. The predicted octanol–water partition coefficient (Wildman–Crippen LogP) is 3.86. The molecule has 3 atom stereocenters. The van der Waals surface area contributed by atoms with Crippen LogP contribution in [0.1, 0.15) is 36.6 Å². The summed E-state index contributed by atoms with van der Waals surface area (Å²) in [5, 5.41) is 27.4. The molecule has 0 aliphatic heterocycles. The minimum absolute atomic E-state index is 0.151. The van der Waals surface area contributed by atoms with Gasteiger partial charge in [0, 0.05) is 23.6 Å². The average molecular weight is 433 g/mol. The van der Waals surface area contributed by atoms with Gasteiger partial charge < -0.3 is 15.5 Å². The first-order valence-electron chi connectivity index (χ1n) is 9.90. The Morgan fingerprint density at radius 1 is 1.13 bits per heavy atom. The molecule has 0 radical (unpaired) electrons. The van der Waals surface area contributed by atoms with Gasteiger partial charge in [-0.2, -0.15) is 18.3 Å². The number of hydrogen-bond acceptors (Lipinski definition) is 6. The Morgan fingerprint density at radius 2 is 1.94 bits per heavy atom. The van der Waals surface area contributed by atoms with Crippen molar-refractivity contribution in [3.63, 3.8) is 0 Å². The van der Waals surface area contributed by atoms with Crippen molar-refractivity contribution < 1.29 is 23.4 Å². The van der Waals surface area contributed by atoms with Crippen LogP contribution in [0.3, 0.4) is 0 Å². The zero-order chi connectivity index (χ0) is 22.2. The number of nitrogens with zero attached hydrogens (tertiary/aromatic N) is 4. The predicted molar refractivity (Wildman–Crippen MR) is 108 cm³/mol. The van der Waals surface area contributed by atoms with E-state index in [1.165, 1.54) is 0 Å². The average Bonchev–Trinajstić information content (AvgIpc) is 3.19. The van der Waals surface area contributed by atoms with Crippen molar-refractivity contribution in [3.05, 3.63) is 54.1 Å². The van der Waals surface area contributed by atoms with Crippen LogP contribution in [0, 0.1) is 6.92 Å². The van der Waals surface area contributed by atoms with Crippen molar-refractivity contribution in [2.24, 2.45) is 0 Å². The molecule has 1 aliphatic carbocycles. The van der Waals surface area contributed by atoms with Gasteiger partial charge in [-0.05, 0) is 55.5 Å². The first-order chi connectivity index (χ1) is 14.7. The first-order valence-corrected chi connectivity index (χ1v) is 9.90. The monoisotopic (exact) mass is 433 g/mol. The molecule has 0 amide bonds. The molecule has 1 aromatic carbocycles. The maximum atomic E-state index is 12.9. The van der Waals surface area contributed by atoms with Gasteiger partial charge in [-0.3, -0.25) is 4.68 Å². The summed E-state index contributed by atoms with van der Waals surface area (Å²) in [6.45, 7) is 1.87.